The Morgan fingerprint density at radius 2 is 1.86 bits per heavy atom. The third kappa shape index (κ3) is 6.20. The first-order valence-corrected chi connectivity index (χ1v) is 12.6. The van der Waals surface area contributed by atoms with Gasteiger partial charge in [0.25, 0.3) is 5.69 Å². The Kier molecular flexibility index (Phi) is 8.89. The third-order valence-corrected chi connectivity index (χ3v) is 7.10. The lowest BCUT2D eigenvalue weighted by Crippen LogP contribution is -2.72. The third-order valence-electron chi connectivity index (χ3n) is 7.10. The van der Waals surface area contributed by atoms with Gasteiger partial charge in [-0.1, -0.05) is 12.1 Å². The Morgan fingerprint density at radius 1 is 1.14 bits per heavy atom. The largest absolute Gasteiger partial charge is 0.358 e. The number of non-ortho nitro benzene ring substituents is 1. The summed E-state index contributed by atoms with van der Waals surface area (Å²) in [6.07, 6.45) is 5.76. The number of ether oxygens (including phenoxy) is 3. The van der Waals surface area contributed by atoms with Crippen molar-refractivity contribution in [2.24, 2.45) is 5.41 Å². The first-order valence-electron chi connectivity index (χ1n) is 12.6. The molecule has 4 rings (SSSR count). The molecule has 3 saturated heterocycles. The fourth-order valence-corrected chi connectivity index (χ4v) is 5.01. The number of nitro benzene ring substituents is 1. The van der Waals surface area contributed by atoms with Crippen LogP contribution in [0, 0.1) is 15.5 Å². The minimum absolute atomic E-state index is 0.0589. The van der Waals surface area contributed by atoms with E-state index in [0.29, 0.717) is 31.8 Å². The van der Waals surface area contributed by atoms with Gasteiger partial charge < -0.3 is 19.1 Å². The fourth-order valence-electron chi connectivity index (χ4n) is 5.01. The number of nitrogens with zero attached hydrogens (tertiary/aromatic N) is 2. The van der Waals surface area contributed by atoms with Crippen molar-refractivity contribution in [1.29, 1.82) is 0 Å². The summed E-state index contributed by atoms with van der Waals surface area (Å²) in [6, 6.07) is 5.44. The van der Waals surface area contributed by atoms with E-state index < -0.39 is 16.3 Å². The molecule has 3 aliphatic heterocycles. The Balaban J connectivity index is 1.30. The zero-order chi connectivity index (χ0) is 25.5. The van der Waals surface area contributed by atoms with E-state index in [4.69, 9.17) is 24.0 Å². The Hall–Kier alpha value is -2.60. The highest BCUT2D eigenvalue weighted by Gasteiger charge is 2.60. The molecule has 1 amide bonds. The molecule has 1 aromatic rings. The first-order chi connectivity index (χ1) is 17.4. The van der Waals surface area contributed by atoms with Gasteiger partial charge in [0, 0.05) is 25.3 Å². The van der Waals surface area contributed by atoms with Crippen LogP contribution in [0.15, 0.2) is 24.3 Å². The van der Waals surface area contributed by atoms with E-state index in [1.165, 1.54) is 24.3 Å². The number of likely N-dealkylation sites (tertiary alicyclic amines) is 1. The number of carbonyl (C=O) groups excluding carboxylic acids is 2. The standard InChI is InChI=1S/C25H34N2O9/c1-25(17-35-36-22(28)16-18-8-10-19(11-9-18)27(30)31)20(12-15-34-23-7-3-5-14-33-23)26(24(25)29)21-6-2-4-13-32-21/h8-11,20-21,23H,2-7,12-17H2,1H3. The molecular weight excluding hydrogens is 472 g/mol. The Bertz CT molecular complexity index is 913. The van der Waals surface area contributed by atoms with Crippen molar-refractivity contribution in [1.82, 2.24) is 4.90 Å². The van der Waals surface area contributed by atoms with Crippen LogP contribution in [0.4, 0.5) is 5.69 Å². The van der Waals surface area contributed by atoms with Crippen molar-refractivity contribution >= 4 is 17.6 Å². The van der Waals surface area contributed by atoms with Gasteiger partial charge in [-0.25, -0.2) is 4.79 Å². The van der Waals surface area contributed by atoms with Crippen LogP contribution in [0.25, 0.3) is 0 Å². The summed E-state index contributed by atoms with van der Waals surface area (Å²) in [5.74, 6) is -0.749. The summed E-state index contributed by atoms with van der Waals surface area (Å²) < 4.78 is 17.4. The number of hydrogen-bond donors (Lipinski definition) is 0. The second-order valence-corrected chi connectivity index (χ2v) is 9.74. The zero-order valence-electron chi connectivity index (χ0n) is 20.6. The molecule has 0 saturated carbocycles. The molecule has 3 aliphatic rings. The van der Waals surface area contributed by atoms with Crippen LogP contribution in [0.2, 0.25) is 0 Å². The van der Waals surface area contributed by atoms with Crippen molar-refractivity contribution in [2.75, 3.05) is 26.4 Å². The summed E-state index contributed by atoms with van der Waals surface area (Å²) in [6.45, 7) is 3.47. The van der Waals surface area contributed by atoms with E-state index in [0.717, 1.165) is 38.5 Å². The second-order valence-electron chi connectivity index (χ2n) is 9.74. The van der Waals surface area contributed by atoms with Crippen LogP contribution in [0.3, 0.4) is 0 Å². The highest BCUT2D eigenvalue weighted by Crippen LogP contribution is 2.44. The van der Waals surface area contributed by atoms with Gasteiger partial charge in [-0.05, 0) is 57.4 Å². The van der Waals surface area contributed by atoms with Crippen molar-refractivity contribution in [3.63, 3.8) is 0 Å². The van der Waals surface area contributed by atoms with E-state index in [1.54, 1.807) is 11.8 Å². The molecule has 36 heavy (non-hydrogen) atoms. The van der Waals surface area contributed by atoms with Gasteiger partial charge >= 0.3 is 5.97 Å². The van der Waals surface area contributed by atoms with E-state index in [9.17, 15) is 19.7 Å². The minimum atomic E-state index is -0.884. The maximum Gasteiger partial charge on any atom is 0.346 e. The number of nitro groups is 1. The second kappa shape index (κ2) is 12.1. The normalized spacial score (nSPS) is 28.4. The van der Waals surface area contributed by atoms with E-state index in [1.807, 2.05) is 0 Å². The molecule has 0 bridgehead atoms. The lowest BCUT2D eigenvalue weighted by molar-refractivity contribution is -0.384. The van der Waals surface area contributed by atoms with Gasteiger partial charge in [-0.15, -0.1) is 0 Å². The molecule has 0 aliphatic carbocycles. The molecule has 0 aromatic heterocycles. The molecule has 11 heteroatoms. The molecule has 1 aromatic carbocycles. The Morgan fingerprint density at radius 3 is 2.50 bits per heavy atom. The topological polar surface area (TPSA) is 127 Å². The molecule has 0 radical (unpaired) electrons. The summed E-state index contributed by atoms with van der Waals surface area (Å²) in [4.78, 5) is 47.7. The average Bonchev–Trinajstić information content (AvgIpc) is 2.89. The lowest BCUT2D eigenvalue weighted by Gasteiger charge is -2.57. The molecule has 4 atom stereocenters. The van der Waals surface area contributed by atoms with Crippen LogP contribution in [-0.2, 0) is 40.0 Å². The molecule has 3 fully saturated rings. The number of carbonyl (C=O) groups is 2. The van der Waals surface area contributed by atoms with Gasteiger partial charge in [-0.2, -0.15) is 4.89 Å². The summed E-state index contributed by atoms with van der Waals surface area (Å²) in [7, 11) is 0. The number of benzene rings is 1. The Labute approximate surface area is 210 Å². The molecule has 3 heterocycles. The van der Waals surface area contributed by atoms with Crippen molar-refractivity contribution < 1.29 is 38.5 Å². The first kappa shape index (κ1) is 26.5. The maximum atomic E-state index is 13.2. The van der Waals surface area contributed by atoms with Crippen molar-refractivity contribution in [3.8, 4) is 0 Å². The molecule has 0 N–H and O–H groups in total. The van der Waals surface area contributed by atoms with E-state index >= 15 is 0 Å². The van der Waals surface area contributed by atoms with Gasteiger partial charge in [0.15, 0.2) is 6.29 Å². The van der Waals surface area contributed by atoms with E-state index in [2.05, 4.69) is 0 Å². The molecule has 0 spiro atoms. The van der Waals surface area contributed by atoms with Crippen LogP contribution in [0.5, 0.6) is 0 Å². The minimum Gasteiger partial charge on any atom is -0.358 e. The predicted octanol–water partition coefficient (Wildman–Crippen LogP) is 3.29. The number of rotatable bonds is 11. The number of β-lactam (4-membered cyclic amide) rings is 1. The van der Waals surface area contributed by atoms with Crippen molar-refractivity contribution in [3.05, 3.63) is 39.9 Å². The van der Waals surface area contributed by atoms with Gasteiger partial charge in [0.2, 0.25) is 5.91 Å². The molecular formula is C25H34N2O9. The highest BCUT2D eigenvalue weighted by molar-refractivity contribution is 5.90. The summed E-state index contributed by atoms with van der Waals surface area (Å²) in [5, 5.41) is 10.8. The van der Waals surface area contributed by atoms with Gasteiger partial charge in [-0.3, -0.25) is 19.8 Å². The molecule has 4 unspecified atom stereocenters. The average molecular weight is 507 g/mol. The fraction of sp³-hybridized carbons (Fsp3) is 0.680. The van der Waals surface area contributed by atoms with Gasteiger partial charge in [0.05, 0.1) is 29.4 Å². The van der Waals surface area contributed by atoms with Crippen LogP contribution in [0.1, 0.15) is 57.4 Å². The van der Waals surface area contributed by atoms with Crippen LogP contribution >= 0.6 is 0 Å². The SMILES string of the molecule is CC1(COOC(=O)Cc2ccc([N+](=O)[O-])cc2)C(=O)N(C2CCCCO2)C1CCOC1CCCCO1. The molecule has 11 nitrogen and oxygen atoms in total. The number of amides is 1. The lowest BCUT2D eigenvalue weighted by atomic mass is 9.71. The van der Waals surface area contributed by atoms with E-state index in [-0.39, 0.29) is 43.2 Å². The quantitative estimate of drug-likeness (QED) is 0.192. The molecule has 198 valence electrons. The van der Waals surface area contributed by atoms with Gasteiger partial charge in [0.1, 0.15) is 12.8 Å². The smallest absolute Gasteiger partial charge is 0.346 e. The van der Waals surface area contributed by atoms with Crippen molar-refractivity contribution in [2.45, 2.75) is 76.9 Å². The highest BCUT2D eigenvalue weighted by atomic mass is 17.2. The van der Waals surface area contributed by atoms with Crippen LogP contribution in [-0.4, -0.2) is 66.7 Å². The van der Waals surface area contributed by atoms with Crippen LogP contribution < -0.4 is 0 Å². The summed E-state index contributed by atoms with van der Waals surface area (Å²) >= 11 is 0. The summed E-state index contributed by atoms with van der Waals surface area (Å²) in [5.41, 5.74) is -0.386. The maximum absolute atomic E-state index is 13.2. The zero-order valence-corrected chi connectivity index (χ0v) is 20.6. The monoisotopic (exact) mass is 506 g/mol. The number of hydrogen-bond acceptors (Lipinski definition) is 9. The predicted molar refractivity (Wildman–Crippen MR) is 125 cm³/mol.